The topological polar surface area (TPSA) is 30.7 Å². The Labute approximate surface area is 170 Å². The highest BCUT2D eigenvalue weighted by molar-refractivity contribution is 7.98. The second-order valence-electron chi connectivity index (χ2n) is 6.41. The Kier molecular flexibility index (Phi) is 5.40. The minimum absolute atomic E-state index is 0.158. The molecule has 0 bridgehead atoms. The van der Waals surface area contributed by atoms with E-state index in [1.54, 1.807) is 22.8 Å². The van der Waals surface area contributed by atoms with E-state index in [0.29, 0.717) is 16.5 Å². The molecule has 7 heteroatoms. The van der Waals surface area contributed by atoms with Gasteiger partial charge in [-0.25, -0.2) is 13.2 Å². The normalized spacial score (nSPS) is 11.0. The zero-order chi connectivity index (χ0) is 20.4. The van der Waals surface area contributed by atoms with E-state index in [4.69, 9.17) is 0 Å². The Balaban J connectivity index is 1.80. The molecule has 146 valence electrons. The molecule has 0 amide bonds. The minimum Gasteiger partial charge on any atom is -0.270 e. The van der Waals surface area contributed by atoms with Crippen LogP contribution in [0.5, 0.6) is 0 Å². The molecule has 29 heavy (non-hydrogen) atoms. The SMILES string of the molecule is Cc1ccccc1-n1c(SCc2cccc(F)c2F)nnc1-c1ccccc1F. The summed E-state index contributed by atoms with van der Waals surface area (Å²) in [7, 11) is 0. The summed E-state index contributed by atoms with van der Waals surface area (Å²) in [4.78, 5) is 0. The van der Waals surface area contributed by atoms with E-state index in [0.717, 1.165) is 17.3 Å². The lowest BCUT2D eigenvalue weighted by molar-refractivity contribution is 0.502. The number of thioether (sulfide) groups is 1. The molecule has 0 saturated heterocycles. The van der Waals surface area contributed by atoms with Crippen molar-refractivity contribution in [1.82, 2.24) is 14.8 Å². The highest BCUT2D eigenvalue weighted by atomic mass is 32.2. The third-order valence-corrected chi connectivity index (χ3v) is 5.47. The van der Waals surface area contributed by atoms with Crippen molar-refractivity contribution in [2.24, 2.45) is 0 Å². The first-order valence-electron chi connectivity index (χ1n) is 8.88. The predicted octanol–water partition coefficient (Wildman–Crippen LogP) is 5.95. The van der Waals surface area contributed by atoms with Crippen LogP contribution in [0, 0.1) is 24.4 Å². The molecular formula is C22H16F3N3S. The first-order valence-corrected chi connectivity index (χ1v) is 9.87. The molecular weight excluding hydrogens is 395 g/mol. The van der Waals surface area contributed by atoms with E-state index in [2.05, 4.69) is 10.2 Å². The molecule has 0 radical (unpaired) electrons. The number of rotatable bonds is 5. The van der Waals surface area contributed by atoms with Crippen LogP contribution in [0.4, 0.5) is 13.2 Å². The van der Waals surface area contributed by atoms with Crippen molar-refractivity contribution >= 4 is 11.8 Å². The molecule has 4 rings (SSSR count). The first kappa shape index (κ1) is 19.3. The largest absolute Gasteiger partial charge is 0.270 e. The van der Waals surface area contributed by atoms with Crippen LogP contribution in [0.3, 0.4) is 0 Å². The smallest absolute Gasteiger partial charge is 0.196 e. The van der Waals surface area contributed by atoms with Crippen molar-refractivity contribution in [3.8, 4) is 17.1 Å². The van der Waals surface area contributed by atoms with Gasteiger partial charge in [0.2, 0.25) is 0 Å². The standard InChI is InChI=1S/C22H16F3N3S/c1-14-7-2-5-12-19(14)28-21(16-9-3-4-10-17(16)23)26-27-22(28)29-13-15-8-6-11-18(24)20(15)25/h2-12H,13H2,1H3. The number of aromatic nitrogens is 3. The van der Waals surface area contributed by atoms with Gasteiger partial charge in [0.1, 0.15) is 5.82 Å². The van der Waals surface area contributed by atoms with Crippen LogP contribution in [-0.4, -0.2) is 14.8 Å². The van der Waals surface area contributed by atoms with Gasteiger partial charge in [0.25, 0.3) is 0 Å². The van der Waals surface area contributed by atoms with Gasteiger partial charge in [-0.05, 0) is 36.8 Å². The average Bonchev–Trinajstić information content (AvgIpc) is 3.13. The molecule has 0 unspecified atom stereocenters. The molecule has 0 aliphatic rings. The highest BCUT2D eigenvalue weighted by Gasteiger charge is 2.20. The molecule has 0 spiro atoms. The zero-order valence-corrected chi connectivity index (χ0v) is 16.3. The van der Waals surface area contributed by atoms with E-state index >= 15 is 0 Å². The number of halogens is 3. The van der Waals surface area contributed by atoms with Gasteiger partial charge in [0, 0.05) is 11.3 Å². The molecule has 1 heterocycles. The maximum absolute atomic E-state index is 14.4. The number of nitrogens with zero attached hydrogens (tertiary/aromatic N) is 3. The fourth-order valence-corrected chi connectivity index (χ4v) is 3.93. The maximum atomic E-state index is 14.4. The molecule has 1 aromatic heterocycles. The summed E-state index contributed by atoms with van der Waals surface area (Å²) in [6.07, 6.45) is 0. The summed E-state index contributed by atoms with van der Waals surface area (Å²) in [5, 5.41) is 8.87. The van der Waals surface area contributed by atoms with E-state index < -0.39 is 17.5 Å². The van der Waals surface area contributed by atoms with Crippen molar-refractivity contribution in [3.05, 3.63) is 95.3 Å². The maximum Gasteiger partial charge on any atom is 0.196 e. The lowest BCUT2D eigenvalue weighted by Crippen LogP contribution is -2.03. The third kappa shape index (κ3) is 3.78. The van der Waals surface area contributed by atoms with Crippen molar-refractivity contribution in [2.45, 2.75) is 17.8 Å². The van der Waals surface area contributed by atoms with Crippen LogP contribution in [0.1, 0.15) is 11.1 Å². The van der Waals surface area contributed by atoms with Crippen LogP contribution in [0.25, 0.3) is 17.1 Å². The Morgan fingerprint density at radius 2 is 1.55 bits per heavy atom. The van der Waals surface area contributed by atoms with Gasteiger partial charge in [0.15, 0.2) is 22.6 Å². The first-order chi connectivity index (χ1) is 14.1. The van der Waals surface area contributed by atoms with Gasteiger partial charge in [-0.15, -0.1) is 10.2 Å². The Hall–Kier alpha value is -3.06. The van der Waals surface area contributed by atoms with Gasteiger partial charge in [0.05, 0.1) is 11.3 Å². The lowest BCUT2D eigenvalue weighted by Gasteiger charge is -2.13. The highest BCUT2D eigenvalue weighted by Crippen LogP contribution is 2.32. The Morgan fingerprint density at radius 3 is 2.34 bits per heavy atom. The van der Waals surface area contributed by atoms with E-state index in [9.17, 15) is 13.2 Å². The van der Waals surface area contributed by atoms with Crippen LogP contribution in [-0.2, 0) is 5.75 Å². The second-order valence-corrected chi connectivity index (χ2v) is 7.35. The summed E-state index contributed by atoms with van der Waals surface area (Å²) in [6.45, 7) is 1.93. The van der Waals surface area contributed by atoms with Gasteiger partial charge in [-0.1, -0.05) is 54.2 Å². The van der Waals surface area contributed by atoms with Crippen molar-refractivity contribution in [3.63, 3.8) is 0 Å². The Bertz CT molecular complexity index is 1170. The fourth-order valence-electron chi connectivity index (χ4n) is 3.01. The van der Waals surface area contributed by atoms with Crippen LogP contribution >= 0.6 is 11.8 Å². The number of hydrogen-bond acceptors (Lipinski definition) is 3. The van der Waals surface area contributed by atoms with Crippen molar-refractivity contribution in [1.29, 1.82) is 0 Å². The number of hydrogen-bond donors (Lipinski definition) is 0. The number of aryl methyl sites for hydroxylation is 1. The molecule has 0 fully saturated rings. The molecule has 0 aliphatic heterocycles. The minimum atomic E-state index is -0.893. The van der Waals surface area contributed by atoms with E-state index in [-0.39, 0.29) is 11.3 Å². The molecule has 3 aromatic carbocycles. The monoisotopic (exact) mass is 411 g/mol. The fraction of sp³-hybridized carbons (Fsp3) is 0.0909. The summed E-state index contributed by atoms with van der Waals surface area (Å²) in [6, 6.07) is 18.0. The summed E-state index contributed by atoms with van der Waals surface area (Å²) in [5.41, 5.74) is 2.27. The quantitative estimate of drug-likeness (QED) is 0.380. The molecule has 0 aliphatic carbocycles. The van der Waals surface area contributed by atoms with Crippen molar-refractivity contribution in [2.75, 3.05) is 0 Å². The molecule has 3 nitrogen and oxygen atoms in total. The van der Waals surface area contributed by atoms with Crippen LogP contribution in [0.2, 0.25) is 0 Å². The van der Waals surface area contributed by atoms with E-state index in [1.165, 1.54) is 30.0 Å². The van der Waals surface area contributed by atoms with E-state index in [1.807, 2.05) is 31.2 Å². The van der Waals surface area contributed by atoms with Gasteiger partial charge >= 0.3 is 0 Å². The van der Waals surface area contributed by atoms with Crippen LogP contribution < -0.4 is 0 Å². The second kappa shape index (κ2) is 8.13. The predicted molar refractivity (Wildman–Crippen MR) is 107 cm³/mol. The summed E-state index contributed by atoms with van der Waals surface area (Å²) in [5.74, 6) is -1.68. The molecule has 0 saturated carbocycles. The molecule has 0 N–H and O–H groups in total. The molecule has 0 atom stereocenters. The Morgan fingerprint density at radius 1 is 0.828 bits per heavy atom. The number of benzene rings is 3. The van der Waals surface area contributed by atoms with Crippen molar-refractivity contribution < 1.29 is 13.2 Å². The van der Waals surface area contributed by atoms with Gasteiger partial charge in [-0.2, -0.15) is 0 Å². The average molecular weight is 411 g/mol. The third-order valence-electron chi connectivity index (χ3n) is 4.49. The molecule has 4 aromatic rings. The lowest BCUT2D eigenvalue weighted by atomic mass is 10.1. The summed E-state index contributed by atoms with van der Waals surface area (Å²) >= 11 is 1.21. The number of para-hydroxylation sites is 1. The van der Waals surface area contributed by atoms with Crippen LogP contribution in [0.15, 0.2) is 71.9 Å². The van der Waals surface area contributed by atoms with Gasteiger partial charge < -0.3 is 0 Å². The van der Waals surface area contributed by atoms with Gasteiger partial charge in [-0.3, -0.25) is 4.57 Å². The zero-order valence-electron chi connectivity index (χ0n) is 15.4. The summed E-state index contributed by atoms with van der Waals surface area (Å²) < 4.78 is 43.7.